The van der Waals surface area contributed by atoms with E-state index in [2.05, 4.69) is 0 Å². The zero-order chi connectivity index (χ0) is 61.3. The van der Waals surface area contributed by atoms with E-state index >= 15 is 0 Å². The van der Waals surface area contributed by atoms with Crippen LogP contribution in [-0.2, 0) is 80.6 Å². The van der Waals surface area contributed by atoms with Gasteiger partial charge in [-0.3, -0.25) is 9.59 Å². The summed E-state index contributed by atoms with van der Waals surface area (Å²) in [5, 5.41) is 231. The average Bonchev–Trinajstić information content (AvgIpc) is 2.86. The van der Waals surface area contributed by atoms with Gasteiger partial charge in [-0.15, -0.1) is 0 Å². The van der Waals surface area contributed by atoms with Crippen molar-refractivity contribution in [3.8, 4) is 0 Å². The summed E-state index contributed by atoms with van der Waals surface area (Å²) in [6, 6.07) is 0. The van der Waals surface area contributed by atoms with Crippen LogP contribution in [0.15, 0.2) is 0 Å². The van der Waals surface area contributed by atoms with Crippen molar-refractivity contribution >= 4 is 11.9 Å². The van der Waals surface area contributed by atoms with Crippen molar-refractivity contribution in [1.29, 1.82) is 0 Å². The Labute approximate surface area is 473 Å². The molecule has 38 heteroatoms. The lowest BCUT2D eigenvalue weighted by Gasteiger charge is -2.50. The molecule has 0 aliphatic carbocycles. The Kier molecular flexibility index (Phi) is 23.3. The first-order chi connectivity index (χ1) is 39.9. The molecule has 0 radical (unpaired) electrons. The Hall–Kier alpha value is -2.42. The molecule has 0 unspecified atom stereocenters. The van der Waals surface area contributed by atoms with Crippen LogP contribution in [0, 0.1) is 0 Å². The summed E-state index contributed by atoms with van der Waals surface area (Å²) >= 11 is 0. The van der Waals surface area contributed by atoms with Crippen LogP contribution in [0.5, 0.6) is 0 Å². The van der Waals surface area contributed by atoms with Crippen molar-refractivity contribution in [2.24, 2.45) is 0 Å². The summed E-state index contributed by atoms with van der Waals surface area (Å²) < 4.78 is 85.2. The number of hydrogen-bond donors (Lipinski definition) is 21. The van der Waals surface area contributed by atoms with Crippen LogP contribution in [0.3, 0.4) is 0 Å². The molecule has 0 aromatic heterocycles. The van der Waals surface area contributed by atoms with E-state index < -0.39 is 286 Å². The monoisotopic (exact) mass is 1230 g/mol. The van der Waals surface area contributed by atoms with Gasteiger partial charge in [-0.05, 0) is 0 Å². The van der Waals surface area contributed by atoms with E-state index in [1.165, 1.54) is 0 Å². The molecule has 21 rings (SSSR count). The van der Waals surface area contributed by atoms with Crippen LogP contribution in [0.1, 0.15) is 12.8 Å². The first-order valence-corrected chi connectivity index (χ1v) is 26.6. The van der Waals surface area contributed by atoms with Gasteiger partial charge in [0.15, 0.2) is 44.0 Å². The minimum atomic E-state index is -2.33. The lowest BCUT2D eigenvalue weighted by Crippen LogP contribution is -2.68. The summed E-state index contributed by atoms with van der Waals surface area (Å²) in [5.74, 6) is -2.56. The Bertz CT molecular complexity index is 2070. The molecule has 84 heavy (non-hydrogen) atoms. The predicted octanol–water partition coefficient (Wildman–Crippen LogP) is -14.8. The third-order valence-corrected chi connectivity index (χ3v) is 15.6. The lowest BCUT2D eigenvalue weighted by atomic mass is 9.95. The standard InChI is InChI=1S/C46H74O38/c47-3-10-33-20(57)27(64)41(72-10)80-35-12(5-49)74-43(29(66)22(35)59)82-37-14(7-51)76-45(31(68)24(37)61)84-39-16(9-70-18(55)2-1-17(53)54)77-46(32(69)25(39)62)83-38-15(8-52)75-44(30(67)23(38)60)81-36-13(6-50)73-42(28(65)21(36)58)79-34-11(4-48)71-40(78-33)26(63)19(34)56/h10-16,19-52,56-69H,1-9H2,(H,53,54)/t10-,11+,12-,13+,14-,15+,16+,19+,20+,21-,22+,23-,24+,25+,26-,27+,28-,29+,30+,31+,32+,33+,34+,35+,36+,37+,38+,39+,40+,41+,42+,43+,44+,45+,46+/m0/s1. The summed E-state index contributed by atoms with van der Waals surface area (Å²) in [6.07, 6.45) is -74.0. The SMILES string of the molecule is O=C(O)CCC(=O)OC[C@H]1O[C@@H]2O[C@H]3[C@@H](O)[C@@H](O)[C@@H](O[C@H]4[C@@H](O)[C@H](O)[C@@H](O[C@H]5[C@H](O)[C@H](O)[C@@H](O[C@H]6[C@H](O)[C@@H](O)[C@@H](O[C@H]7[C@H](O)[C@@H](O)[C@@H](O[C@H]8[C@H](O)[C@@H](O)[C@@H](O[C@H]1[C@H](O)[C@H]2O)O[C@H]8CO)O[C@H]7CO)O[C@H]6CO)O[C@@H]5CO)O[C@@H]4CO)O[C@@H]3CO. The molecule has 0 aromatic rings. The minimum Gasteiger partial charge on any atom is -0.481 e. The Morgan fingerprint density at radius 1 is 0.262 bits per heavy atom. The van der Waals surface area contributed by atoms with Crippen molar-refractivity contribution in [2.75, 3.05) is 46.2 Å². The average molecular weight is 1240 g/mol. The zero-order valence-corrected chi connectivity index (χ0v) is 43.9. The van der Waals surface area contributed by atoms with Gasteiger partial charge in [-0.2, -0.15) is 0 Å². The van der Waals surface area contributed by atoms with Gasteiger partial charge in [0.05, 0.1) is 52.5 Å². The molecule has 21 saturated heterocycles. The highest BCUT2D eigenvalue weighted by Crippen LogP contribution is 2.39. The molecule has 14 bridgehead atoms. The number of esters is 1. The van der Waals surface area contributed by atoms with Crippen molar-refractivity contribution in [3.05, 3.63) is 0 Å². The van der Waals surface area contributed by atoms with Gasteiger partial charge < -0.3 is 178 Å². The van der Waals surface area contributed by atoms with Gasteiger partial charge in [-0.25, -0.2) is 0 Å². The lowest BCUT2D eigenvalue weighted by molar-refractivity contribution is -0.396. The first kappa shape index (κ1) is 67.5. The number of aliphatic hydroxyl groups excluding tert-OH is 20. The summed E-state index contributed by atoms with van der Waals surface area (Å²) in [7, 11) is 0. The van der Waals surface area contributed by atoms with Crippen LogP contribution in [0.25, 0.3) is 0 Å². The topological polar surface area (TPSA) is 597 Å². The second-order valence-corrected chi connectivity index (χ2v) is 21.0. The van der Waals surface area contributed by atoms with Gasteiger partial charge >= 0.3 is 11.9 Å². The highest BCUT2D eigenvalue weighted by atomic mass is 16.8. The summed E-state index contributed by atoms with van der Waals surface area (Å²) in [5.41, 5.74) is 0. The van der Waals surface area contributed by atoms with Crippen LogP contribution in [0.4, 0.5) is 0 Å². The van der Waals surface area contributed by atoms with E-state index in [0.29, 0.717) is 0 Å². The van der Waals surface area contributed by atoms with E-state index in [0.717, 1.165) is 0 Å². The fraction of sp³-hybridized carbons (Fsp3) is 0.957. The number of hydrogen-bond acceptors (Lipinski definition) is 37. The fourth-order valence-electron chi connectivity index (χ4n) is 10.9. The molecule has 35 atom stereocenters. The van der Waals surface area contributed by atoms with Crippen molar-refractivity contribution in [1.82, 2.24) is 0 Å². The molecule has 21 aliphatic rings. The Morgan fingerprint density at radius 3 is 0.619 bits per heavy atom. The van der Waals surface area contributed by atoms with Gasteiger partial charge in [-0.1, -0.05) is 0 Å². The maximum atomic E-state index is 12.6. The molecular weight excluding hydrogens is 1160 g/mol. The highest BCUT2D eigenvalue weighted by Gasteiger charge is 2.59. The van der Waals surface area contributed by atoms with Gasteiger partial charge in [0.25, 0.3) is 0 Å². The number of carbonyl (C=O) groups excluding carboxylic acids is 1. The number of aliphatic hydroxyl groups is 20. The molecule has 0 amide bonds. The Balaban J connectivity index is 1.10. The third-order valence-electron chi connectivity index (χ3n) is 15.6. The fourth-order valence-corrected chi connectivity index (χ4v) is 10.9. The first-order valence-electron chi connectivity index (χ1n) is 26.6. The normalized spacial score (nSPS) is 51.6. The quantitative estimate of drug-likeness (QED) is 0.0854. The number of rotatable bonds is 11. The number of carboxylic acid groups (broad SMARTS) is 1. The number of carbonyl (C=O) groups is 2. The third kappa shape index (κ3) is 14.0. The number of ether oxygens (including phenoxy) is 15. The van der Waals surface area contributed by atoms with Crippen LogP contribution < -0.4 is 0 Å². The van der Waals surface area contributed by atoms with Crippen LogP contribution in [0.2, 0.25) is 0 Å². The van der Waals surface area contributed by atoms with Crippen molar-refractivity contribution in [3.63, 3.8) is 0 Å². The van der Waals surface area contributed by atoms with E-state index in [1.807, 2.05) is 0 Å². The van der Waals surface area contributed by atoms with Gasteiger partial charge in [0.2, 0.25) is 0 Å². The van der Waals surface area contributed by atoms with Crippen molar-refractivity contribution in [2.45, 2.75) is 228 Å². The number of carboxylic acids is 1. The molecule has 0 saturated carbocycles. The van der Waals surface area contributed by atoms with Gasteiger partial charge in [0, 0.05) is 0 Å². The van der Waals surface area contributed by atoms with Crippen LogP contribution >= 0.6 is 0 Å². The summed E-state index contributed by atoms with van der Waals surface area (Å²) in [6.45, 7) is -7.53. The molecule has 21 aliphatic heterocycles. The smallest absolute Gasteiger partial charge is 0.306 e. The van der Waals surface area contributed by atoms with Crippen molar-refractivity contribution < 1.29 is 188 Å². The molecule has 21 heterocycles. The largest absolute Gasteiger partial charge is 0.481 e. The zero-order valence-electron chi connectivity index (χ0n) is 43.9. The minimum absolute atomic E-state index is 0.709. The molecular formula is C46H74O38. The summed E-state index contributed by atoms with van der Waals surface area (Å²) in [4.78, 5) is 23.8. The molecule has 38 nitrogen and oxygen atoms in total. The number of aliphatic carboxylic acids is 1. The second-order valence-electron chi connectivity index (χ2n) is 21.0. The van der Waals surface area contributed by atoms with Gasteiger partial charge in [0.1, 0.15) is 178 Å². The maximum Gasteiger partial charge on any atom is 0.306 e. The van der Waals surface area contributed by atoms with E-state index in [9.17, 15) is 112 Å². The molecule has 0 aromatic carbocycles. The van der Waals surface area contributed by atoms with Crippen LogP contribution in [-0.4, -0.2) is 380 Å². The predicted molar refractivity (Wildman–Crippen MR) is 249 cm³/mol. The second kappa shape index (κ2) is 29.0. The van der Waals surface area contributed by atoms with E-state index in [4.69, 9.17) is 76.2 Å². The van der Waals surface area contributed by atoms with E-state index in [-0.39, 0.29) is 0 Å². The molecule has 0 spiro atoms. The van der Waals surface area contributed by atoms with E-state index in [1.54, 1.807) is 0 Å². The molecule has 486 valence electrons. The Morgan fingerprint density at radius 2 is 0.440 bits per heavy atom. The molecule has 21 fully saturated rings. The molecule has 21 N–H and O–H groups in total. The maximum absolute atomic E-state index is 12.6. The highest BCUT2D eigenvalue weighted by molar-refractivity contribution is 5.76.